The molecule has 0 aliphatic heterocycles. The molecule has 0 radical (unpaired) electrons. The molecule has 0 fully saturated rings. The van der Waals surface area contributed by atoms with Crippen LogP contribution in [0.4, 0.5) is 4.79 Å². The lowest BCUT2D eigenvalue weighted by Crippen LogP contribution is -2.27. The molecule has 0 aliphatic carbocycles. The van der Waals surface area contributed by atoms with Gasteiger partial charge >= 0.3 is 12.1 Å². The van der Waals surface area contributed by atoms with E-state index in [1.165, 1.54) is 11.3 Å². The van der Waals surface area contributed by atoms with E-state index >= 15 is 0 Å². The van der Waals surface area contributed by atoms with E-state index in [1.54, 1.807) is 39.8 Å². The van der Waals surface area contributed by atoms with Crippen LogP contribution in [0, 0.1) is 0 Å². The second kappa shape index (κ2) is 7.26. The third kappa shape index (κ3) is 5.59. The SMILES string of the molecule is C=C(C(=O)OCC)C(OC(=O)OC(C)(C)C)c1cccs1. The Hall–Kier alpha value is -1.82. The van der Waals surface area contributed by atoms with Crippen LogP contribution in [0.5, 0.6) is 0 Å². The van der Waals surface area contributed by atoms with Gasteiger partial charge in [-0.1, -0.05) is 12.6 Å². The first-order valence-electron chi connectivity index (χ1n) is 6.53. The molecule has 0 saturated carbocycles. The molecule has 0 N–H and O–H groups in total. The van der Waals surface area contributed by atoms with E-state index in [2.05, 4.69) is 6.58 Å². The highest BCUT2D eigenvalue weighted by Crippen LogP contribution is 2.30. The number of hydrogen-bond acceptors (Lipinski definition) is 6. The number of hydrogen-bond donors (Lipinski definition) is 0. The normalized spacial score (nSPS) is 12.4. The Morgan fingerprint density at radius 3 is 2.52 bits per heavy atom. The predicted molar refractivity (Wildman–Crippen MR) is 80.2 cm³/mol. The van der Waals surface area contributed by atoms with E-state index in [9.17, 15) is 9.59 Å². The zero-order valence-corrected chi connectivity index (χ0v) is 13.5. The van der Waals surface area contributed by atoms with Gasteiger partial charge in [-0.3, -0.25) is 0 Å². The lowest BCUT2D eigenvalue weighted by molar-refractivity contribution is -0.139. The van der Waals surface area contributed by atoms with Gasteiger partial charge in [0.05, 0.1) is 17.1 Å². The van der Waals surface area contributed by atoms with E-state index in [0.717, 1.165) is 0 Å². The Balaban J connectivity index is 2.87. The number of esters is 1. The summed E-state index contributed by atoms with van der Waals surface area (Å²) in [6.45, 7) is 10.8. The van der Waals surface area contributed by atoms with Gasteiger partial charge in [-0.2, -0.15) is 0 Å². The topological polar surface area (TPSA) is 61.8 Å². The van der Waals surface area contributed by atoms with E-state index < -0.39 is 23.8 Å². The number of carbonyl (C=O) groups is 2. The van der Waals surface area contributed by atoms with Crippen LogP contribution in [-0.2, 0) is 19.0 Å². The van der Waals surface area contributed by atoms with Crippen molar-refractivity contribution >= 4 is 23.5 Å². The molecule has 5 nitrogen and oxygen atoms in total. The Labute approximate surface area is 128 Å². The molecular weight excluding hydrogens is 292 g/mol. The highest BCUT2D eigenvalue weighted by molar-refractivity contribution is 7.10. The molecule has 0 saturated heterocycles. The Morgan fingerprint density at radius 1 is 1.38 bits per heavy atom. The fraction of sp³-hybridized carbons (Fsp3) is 0.467. The molecule has 0 bridgehead atoms. The third-order valence-corrected chi connectivity index (χ3v) is 3.17. The Bertz CT molecular complexity index is 499. The van der Waals surface area contributed by atoms with E-state index in [-0.39, 0.29) is 12.2 Å². The summed E-state index contributed by atoms with van der Waals surface area (Å²) < 4.78 is 15.3. The summed E-state index contributed by atoms with van der Waals surface area (Å²) in [7, 11) is 0. The number of carbonyl (C=O) groups excluding carboxylic acids is 2. The van der Waals surface area contributed by atoms with Crippen LogP contribution in [0.1, 0.15) is 38.7 Å². The van der Waals surface area contributed by atoms with Crippen molar-refractivity contribution in [2.75, 3.05) is 6.61 Å². The van der Waals surface area contributed by atoms with Gasteiger partial charge in [-0.15, -0.1) is 11.3 Å². The van der Waals surface area contributed by atoms with Crippen molar-refractivity contribution in [3.05, 3.63) is 34.5 Å². The number of ether oxygens (including phenoxy) is 3. The molecule has 1 aromatic rings. The van der Waals surface area contributed by atoms with Crippen LogP contribution in [0.2, 0.25) is 0 Å². The lowest BCUT2D eigenvalue weighted by Gasteiger charge is -2.22. The molecule has 116 valence electrons. The molecule has 0 aliphatic rings. The van der Waals surface area contributed by atoms with Crippen LogP contribution >= 0.6 is 11.3 Å². The van der Waals surface area contributed by atoms with Crippen LogP contribution in [0.25, 0.3) is 0 Å². The van der Waals surface area contributed by atoms with Gasteiger partial charge in [0.2, 0.25) is 0 Å². The van der Waals surface area contributed by atoms with Crippen molar-refractivity contribution in [2.24, 2.45) is 0 Å². The molecule has 0 aromatic carbocycles. The molecule has 1 rings (SSSR count). The maximum Gasteiger partial charge on any atom is 0.509 e. The predicted octanol–water partition coefficient (Wildman–Crippen LogP) is 3.86. The minimum Gasteiger partial charge on any atom is -0.463 e. The first-order valence-corrected chi connectivity index (χ1v) is 7.41. The van der Waals surface area contributed by atoms with Gasteiger partial charge in [-0.05, 0) is 39.1 Å². The highest BCUT2D eigenvalue weighted by Gasteiger charge is 2.29. The zero-order valence-electron chi connectivity index (χ0n) is 12.7. The summed E-state index contributed by atoms with van der Waals surface area (Å²) in [5.74, 6) is -0.598. The van der Waals surface area contributed by atoms with Crippen molar-refractivity contribution in [1.82, 2.24) is 0 Å². The summed E-state index contributed by atoms with van der Waals surface area (Å²) in [6.07, 6.45) is -1.76. The Kier molecular flexibility index (Phi) is 5.96. The largest absolute Gasteiger partial charge is 0.509 e. The smallest absolute Gasteiger partial charge is 0.463 e. The fourth-order valence-corrected chi connectivity index (χ4v) is 2.23. The van der Waals surface area contributed by atoms with Crippen molar-refractivity contribution in [3.8, 4) is 0 Å². The van der Waals surface area contributed by atoms with Gasteiger partial charge in [-0.25, -0.2) is 9.59 Å². The molecule has 1 aromatic heterocycles. The van der Waals surface area contributed by atoms with Crippen LogP contribution in [0.15, 0.2) is 29.7 Å². The summed E-state index contributed by atoms with van der Waals surface area (Å²) in [4.78, 5) is 24.3. The van der Waals surface area contributed by atoms with Crippen molar-refractivity contribution in [3.63, 3.8) is 0 Å². The minimum atomic E-state index is -0.904. The minimum absolute atomic E-state index is 0.0603. The van der Waals surface area contributed by atoms with E-state index in [1.807, 2.05) is 5.38 Å². The number of thiophene rings is 1. The number of rotatable bonds is 5. The summed E-state index contributed by atoms with van der Waals surface area (Å²) in [5, 5.41) is 1.82. The molecule has 21 heavy (non-hydrogen) atoms. The third-order valence-electron chi connectivity index (χ3n) is 2.26. The van der Waals surface area contributed by atoms with Gasteiger partial charge in [0.1, 0.15) is 5.60 Å². The molecule has 6 heteroatoms. The van der Waals surface area contributed by atoms with E-state index in [4.69, 9.17) is 14.2 Å². The second-order valence-corrected chi connectivity index (χ2v) is 6.20. The van der Waals surface area contributed by atoms with Crippen LogP contribution in [-0.4, -0.2) is 24.3 Å². The monoisotopic (exact) mass is 312 g/mol. The summed E-state index contributed by atoms with van der Waals surface area (Å²) in [6, 6.07) is 3.55. The summed E-state index contributed by atoms with van der Waals surface area (Å²) >= 11 is 1.35. The van der Waals surface area contributed by atoms with E-state index in [0.29, 0.717) is 4.88 Å². The average molecular weight is 312 g/mol. The van der Waals surface area contributed by atoms with Gasteiger partial charge in [0.25, 0.3) is 0 Å². The molecule has 1 unspecified atom stereocenters. The highest BCUT2D eigenvalue weighted by atomic mass is 32.1. The first kappa shape index (κ1) is 17.2. The zero-order chi connectivity index (χ0) is 16.0. The van der Waals surface area contributed by atoms with Gasteiger partial charge in [0.15, 0.2) is 6.10 Å². The van der Waals surface area contributed by atoms with Crippen molar-refractivity contribution < 1.29 is 23.8 Å². The summed E-state index contributed by atoms with van der Waals surface area (Å²) in [5.41, 5.74) is -0.618. The molecule has 0 spiro atoms. The lowest BCUT2D eigenvalue weighted by atomic mass is 10.1. The van der Waals surface area contributed by atoms with Crippen LogP contribution < -0.4 is 0 Å². The average Bonchev–Trinajstić information content (AvgIpc) is 2.86. The Morgan fingerprint density at radius 2 is 2.05 bits per heavy atom. The van der Waals surface area contributed by atoms with Gasteiger partial charge < -0.3 is 14.2 Å². The van der Waals surface area contributed by atoms with Crippen molar-refractivity contribution in [1.29, 1.82) is 0 Å². The van der Waals surface area contributed by atoms with Gasteiger partial charge in [0, 0.05) is 0 Å². The van der Waals surface area contributed by atoms with Crippen LogP contribution in [0.3, 0.4) is 0 Å². The molecular formula is C15H20O5S. The molecule has 0 amide bonds. The standard InChI is InChI=1S/C15H20O5S/c1-6-18-13(16)10(2)12(11-8-7-9-21-11)19-14(17)20-15(3,4)5/h7-9,12H,2,6H2,1,3-5H3. The molecule has 1 heterocycles. The maximum absolute atomic E-state index is 11.8. The fourth-order valence-electron chi connectivity index (χ4n) is 1.44. The second-order valence-electron chi connectivity index (χ2n) is 5.22. The maximum atomic E-state index is 11.8. The molecule has 1 atom stereocenters. The van der Waals surface area contributed by atoms with Crippen molar-refractivity contribution in [2.45, 2.75) is 39.4 Å². The quantitative estimate of drug-likeness (QED) is 0.610. The first-order chi connectivity index (χ1) is 9.74.